The number of hydrogen-bond donors (Lipinski definition) is 0. The summed E-state index contributed by atoms with van der Waals surface area (Å²) in [6.45, 7) is 1.95. The number of aryl methyl sites for hydroxylation is 1. The van der Waals surface area contributed by atoms with Crippen molar-refractivity contribution in [3.63, 3.8) is 0 Å². The van der Waals surface area contributed by atoms with Gasteiger partial charge in [0.05, 0.1) is 5.69 Å². The summed E-state index contributed by atoms with van der Waals surface area (Å²) < 4.78 is 0. The van der Waals surface area contributed by atoms with Crippen LogP contribution in [-0.4, -0.2) is 15.0 Å². The number of aromatic nitrogens is 3. The van der Waals surface area contributed by atoms with Crippen molar-refractivity contribution in [1.82, 2.24) is 15.0 Å². The molecule has 0 aliphatic heterocycles. The van der Waals surface area contributed by atoms with Crippen LogP contribution in [0.3, 0.4) is 0 Å². The fourth-order valence-corrected chi connectivity index (χ4v) is 1.02. The van der Waals surface area contributed by atoms with Gasteiger partial charge in [0, 0.05) is 11.6 Å². The number of rotatable bonds is 0. The van der Waals surface area contributed by atoms with Gasteiger partial charge in [-0.1, -0.05) is 7.43 Å². The van der Waals surface area contributed by atoms with Crippen LogP contribution in [0.2, 0.25) is 0 Å². The molecular weight excluding hydrogens is 150 g/mol. The van der Waals surface area contributed by atoms with E-state index in [4.69, 9.17) is 0 Å². The van der Waals surface area contributed by atoms with Gasteiger partial charge in [-0.3, -0.25) is 0 Å². The quantitative estimate of drug-likeness (QED) is 0.593. The topological polar surface area (TPSA) is 38.7 Å². The van der Waals surface area contributed by atoms with E-state index in [1.54, 1.807) is 6.20 Å². The summed E-state index contributed by atoms with van der Waals surface area (Å²) in [5.74, 6) is 0. The molecule has 3 heteroatoms. The Morgan fingerprint density at radius 1 is 1.17 bits per heavy atom. The molecule has 0 aromatic carbocycles. The van der Waals surface area contributed by atoms with Crippen LogP contribution >= 0.6 is 0 Å². The van der Waals surface area contributed by atoms with Crippen molar-refractivity contribution in [2.45, 2.75) is 14.4 Å². The molecule has 0 bridgehead atoms. The zero-order chi connectivity index (χ0) is 7.68. The summed E-state index contributed by atoms with van der Waals surface area (Å²) >= 11 is 0. The summed E-state index contributed by atoms with van der Waals surface area (Å²) in [6.07, 6.45) is 3.26. The highest BCUT2D eigenvalue weighted by atomic mass is 14.9. The van der Waals surface area contributed by atoms with E-state index in [2.05, 4.69) is 15.0 Å². The Kier molecular flexibility index (Phi) is 2.33. The Morgan fingerprint density at radius 2 is 2.00 bits per heavy atom. The van der Waals surface area contributed by atoms with Crippen molar-refractivity contribution in [2.24, 2.45) is 0 Å². The maximum atomic E-state index is 4.09. The van der Waals surface area contributed by atoms with E-state index in [1.165, 1.54) is 6.33 Å². The molecule has 12 heavy (non-hydrogen) atoms. The SMILES string of the molecule is C.Cc1ncnc2ncccc12. The van der Waals surface area contributed by atoms with Crippen molar-refractivity contribution in [1.29, 1.82) is 0 Å². The maximum absolute atomic E-state index is 4.09. The highest BCUT2D eigenvalue weighted by Crippen LogP contribution is 2.08. The van der Waals surface area contributed by atoms with Gasteiger partial charge >= 0.3 is 0 Å². The Bertz CT molecular complexity index is 379. The van der Waals surface area contributed by atoms with Crippen molar-refractivity contribution in [3.05, 3.63) is 30.4 Å². The largest absolute Gasteiger partial charge is 0.241 e. The molecule has 0 N–H and O–H groups in total. The van der Waals surface area contributed by atoms with Gasteiger partial charge in [-0.15, -0.1) is 0 Å². The first kappa shape index (κ1) is 8.59. The smallest absolute Gasteiger partial charge is 0.162 e. The predicted molar refractivity (Wildman–Crippen MR) is 48.8 cm³/mol. The molecular formula is C9H11N3. The lowest BCUT2D eigenvalue weighted by Gasteiger charge is -1.95. The van der Waals surface area contributed by atoms with Gasteiger partial charge in [0.1, 0.15) is 6.33 Å². The Labute approximate surface area is 71.5 Å². The average Bonchev–Trinajstić information content (AvgIpc) is 2.06. The predicted octanol–water partition coefficient (Wildman–Crippen LogP) is 1.97. The second-order valence-corrected chi connectivity index (χ2v) is 2.33. The summed E-state index contributed by atoms with van der Waals surface area (Å²) in [7, 11) is 0. The third-order valence-corrected chi connectivity index (χ3v) is 1.61. The minimum Gasteiger partial charge on any atom is -0.241 e. The average molecular weight is 161 g/mol. The van der Waals surface area contributed by atoms with Crippen LogP contribution in [0.5, 0.6) is 0 Å². The lowest BCUT2D eigenvalue weighted by molar-refractivity contribution is 1.13. The van der Waals surface area contributed by atoms with Gasteiger partial charge in [0.25, 0.3) is 0 Å². The normalized spacial score (nSPS) is 9.42. The molecule has 2 rings (SSSR count). The highest BCUT2D eigenvalue weighted by molar-refractivity contribution is 5.76. The van der Waals surface area contributed by atoms with E-state index in [0.717, 1.165) is 16.7 Å². The van der Waals surface area contributed by atoms with E-state index in [9.17, 15) is 0 Å². The Balaban J connectivity index is 0.000000720. The molecule has 0 amide bonds. The fraction of sp³-hybridized carbons (Fsp3) is 0.222. The molecule has 2 aromatic rings. The van der Waals surface area contributed by atoms with Crippen molar-refractivity contribution < 1.29 is 0 Å². The van der Waals surface area contributed by atoms with Crippen molar-refractivity contribution in [2.75, 3.05) is 0 Å². The molecule has 0 saturated heterocycles. The van der Waals surface area contributed by atoms with Crippen LogP contribution in [0.1, 0.15) is 13.1 Å². The van der Waals surface area contributed by atoms with Crippen LogP contribution in [0, 0.1) is 6.92 Å². The number of nitrogens with zero attached hydrogens (tertiary/aromatic N) is 3. The molecule has 0 aliphatic carbocycles. The molecule has 0 fully saturated rings. The van der Waals surface area contributed by atoms with E-state index in [-0.39, 0.29) is 7.43 Å². The van der Waals surface area contributed by atoms with Crippen LogP contribution < -0.4 is 0 Å². The number of pyridine rings is 1. The van der Waals surface area contributed by atoms with Gasteiger partial charge in [0.2, 0.25) is 0 Å². The van der Waals surface area contributed by atoms with E-state index < -0.39 is 0 Å². The second-order valence-electron chi connectivity index (χ2n) is 2.33. The Morgan fingerprint density at radius 3 is 2.75 bits per heavy atom. The van der Waals surface area contributed by atoms with Gasteiger partial charge in [-0.2, -0.15) is 0 Å². The zero-order valence-corrected chi connectivity index (χ0v) is 6.15. The van der Waals surface area contributed by atoms with Crippen molar-refractivity contribution in [3.8, 4) is 0 Å². The summed E-state index contributed by atoms with van der Waals surface area (Å²) in [5.41, 5.74) is 1.74. The van der Waals surface area contributed by atoms with E-state index in [1.807, 2.05) is 19.1 Å². The van der Waals surface area contributed by atoms with Gasteiger partial charge in [-0.05, 0) is 19.1 Å². The van der Waals surface area contributed by atoms with E-state index >= 15 is 0 Å². The lowest BCUT2D eigenvalue weighted by Crippen LogP contribution is -1.88. The van der Waals surface area contributed by atoms with Gasteiger partial charge in [-0.25, -0.2) is 15.0 Å². The molecule has 0 aliphatic rings. The molecule has 2 heterocycles. The van der Waals surface area contributed by atoms with Crippen LogP contribution in [0.25, 0.3) is 11.0 Å². The van der Waals surface area contributed by atoms with Crippen LogP contribution in [0.4, 0.5) is 0 Å². The van der Waals surface area contributed by atoms with Gasteiger partial charge in [0.15, 0.2) is 5.65 Å². The first-order valence-corrected chi connectivity index (χ1v) is 3.40. The van der Waals surface area contributed by atoms with Gasteiger partial charge < -0.3 is 0 Å². The molecule has 3 nitrogen and oxygen atoms in total. The fourth-order valence-electron chi connectivity index (χ4n) is 1.02. The van der Waals surface area contributed by atoms with Crippen LogP contribution in [-0.2, 0) is 0 Å². The zero-order valence-electron chi connectivity index (χ0n) is 6.15. The molecule has 2 aromatic heterocycles. The summed E-state index contributed by atoms with van der Waals surface area (Å²) in [6, 6.07) is 3.86. The molecule has 0 atom stereocenters. The molecule has 0 spiro atoms. The summed E-state index contributed by atoms with van der Waals surface area (Å²) in [4.78, 5) is 12.2. The lowest BCUT2D eigenvalue weighted by atomic mass is 10.3. The molecule has 0 saturated carbocycles. The van der Waals surface area contributed by atoms with E-state index in [0.29, 0.717) is 0 Å². The Hall–Kier alpha value is -1.51. The number of fused-ring (bicyclic) bond motifs is 1. The maximum Gasteiger partial charge on any atom is 0.162 e. The summed E-state index contributed by atoms with van der Waals surface area (Å²) in [5, 5.41) is 1.02. The third-order valence-electron chi connectivity index (χ3n) is 1.61. The standard InChI is InChI=1S/C8H7N3.CH4/c1-6-7-3-2-4-9-8(7)11-5-10-6;/h2-5H,1H3;1H4. The highest BCUT2D eigenvalue weighted by Gasteiger charge is 1.96. The first-order chi connectivity index (χ1) is 5.38. The molecule has 0 radical (unpaired) electrons. The minimum atomic E-state index is 0. The monoisotopic (exact) mass is 161 g/mol. The third kappa shape index (κ3) is 1.25. The molecule has 62 valence electrons. The molecule has 0 unspecified atom stereocenters. The second kappa shape index (κ2) is 3.26. The first-order valence-electron chi connectivity index (χ1n) is 3.40. The van der Waals surface area contributed by atoms with Crippen LogP contribution in [0.15, 0.2) is 24.7 Å². The minimum absolute atomic E-state index is 0. The van der Waals surface area contributed by atoms with Crippen molar-refractivity contribution >= 4 is 11.0 Å². The number of hydrogen-bond acceptors (Lipinski definition) is 3.